The number of fused-ring (bicyclic) bond motifs is 3. The van der Waals surface area contributed by atoms with Gasteiger partial charge in [-0.2, -0.15) is 0 Å². The lowest BCUT2D eigenvalue weighted by Crippen LogP contribution is -2.42. The summed E-state index contributed by atoms with van der Waals surface area (Å²) in [5, 5.41) is 12.0. The Morgan fingerprint density at radius 3 is 2.88 bits per heavy atom. The van der Waals surface area contributed by atoms with Crippen molar-refractivity contribution in [3.8, 4) is 0 Å². The Bertz CT molecular complexity index is 1320. The van der Waals surface area contributed by atoms with Gasteiger partial charge in [-0.15, -0.1) is 11.3 Å². The van der Waals surface area contributed by atoms with E-state index >= 15 is 0 Å². The van der Waals surface area contributed by atoms with E-state index in [1.165, 1.54) is 23.1 Å². The minimum atomic E-state index is -0.674. The molecule has 0 atom stereocenters. The standard InChI is InChI=1S/C21H21N5O5S2/c1-2-9-25-20(29)17-14-7-4-8-15(14)33-19(17)22-21(25)32-11-16(27)23-24-18(28)12-5-3-6-13(10-12)26(30)31/h3,5-6,10H,2,4,7-9,11H2,1H3,(H,23,27)(H,24,28). The number of carbonyl (C=O) groups excluding carboxylic acids is 2. The molecule has 0 bridgehead atoms. The van der Waals surface area contributed by atoms with Crippen molar-refractivity contribution in [1.82, 2.24) is 20.4 Å². The maximum Gasteiger partial charge on any atom is 0.270 e. The van der Waals surface area contributed by atoms with E-state index < -0.39 is 16.7 Å². The molecule has 1 aromatic carbocycles. The first kappa shape index (κ1) is 22.9. The maximum absolute atomic E-state index is 13.2. The van der Waals surface area contributed by atoms with Crippen molar-refractivity contribution >= 4 is 50.8 Å². The van der Waals surface area contributed by atoms with E-state index in [0.29, 0.717) is 21.9 Å². The van der Waals surface area contributed by atoms with Crippen LogP contribution in [0.5, 0.6) is 0 Å². The smallest absolute Gasteiger partial charge is 0.270 e. The molecule has 0 saturated heterocycles. The van der Waals surface area contributed by atoms with Gasteiger partial charge in [0.05, 0.1) is 16.1 Å². The molecule has 1 aliphatic rings. The summed E-state index contributed by atoms with van der Waals surface area (Å²) in [6.07, 6.45) is 3.68. The van der Waals surface area contributed by atoms with Gasteiger partial charge < -0.3 is 0 Å². The predicted octanol–water partition coefficient (Wildman–Crippen LogP) is 2.82. The van der Waals surface area contributed by atoms with Crippen molar-refractivity contribution in [1.29, 1.82) is 0 Å². The van der Waals surface area contributed by atoms with Crippen LogP contribution >= 0.6 is 23.1 Å². The molecule has 0 spiro atoms. The molecule has 2 amide bonds. The lowest BCUT2D eigenvalue weighted by Gasteiger charge is -2.12. The Balaban J connectivity index is 1.44. The molecule has 1 aliphatic carbocycles. The highest BCUT2D eigenvalue weighted by Crippen LogP contribution is 2.35. The van der Waals surface area contributed by atoms with Crippen LogP contribution in [0.2, 0.25) is 0 Å². The number of nitro groups is 1. The molecule has 0 unspecified atom stereocenters. The topological polar surface area (TPSA) is 136 Å². The van der Waals surface area contributed by atoms with Crippen LogP contribution in [-0.2, 0) is 24.2 Å². The van der Waals surface area contributed by atoms with Crippen LogP contribution in [-0.4, -0.2) is 32.0 Å². The van der Waals surface area contributed by atoms with Gasteiger partial charge in [0.2, 0.25) is 5.91 Å². The van der Waals surface area contributed by atoms with Gasteiger partial charge in [-0.3, -0.25) is 39.9 Å². The van der Waals surface area contributed by atoms with Crippen molar-refractivity contribution < 1.29 is 14.5 Å². The summed E-state index contributed by atoms with van der Waals surface area (Å²) in [6, 6.07) is 5.19. The number of hydrogen-bond acceptors (Lipinski definition) is 8. The van der Waals surface area contributed by atoms with Gasteiger partial charge in [-0.05, 0) is 37.3 Å². The summed E-state index contributed by atoms with van der Waals surface area (Å²) in [7, 11) is 0. The average Bonchev–Trinajstić information content (AvgIpc) is 3.39. The third-order valence-electron chi connectivity index (χ3n) is 5.20. The molecule has 0 saturated carbocycles. The second kappa shape index (κ2) is 9.71. The highest BCUT2D eigenvalue weighted by Gasteiger charge is 2.23. The van der Waals surface area contributed by atoms with Gasteiger partial charge in [-0.1, -0.05) is 24.8 Å². The second-order valence-electron chi connectivity index (χ2n) is 7.49. The fraction of sp³-hybridized carbons (Fsp3) is 0.333. The van der Waals surface area contributed by atoms with E-state index in [4.69, 9.17) is 0 Å². The lowest BCUT2D eigenvalue weighted by atomic mass is 10.2. The monoisotopic (exact) mass is 487 g/mol. The third kappa shape index (κ3) is 4.76. The molecule has 172 valence electrons. The number of hydrazine groups is 1. The largest absolute Gasteiger partial charge is 0.287 e. The number of amides is 2. The molecule has 2 N–H and O–H groups in total. The number of non-ortho nitro benzene ring substituents is 1. The first-order valence-electron chi connectivity index (χ1n) is 10.4. The zero-order valence-electron chi connectivity index (χ0n) is 17.8. The Labute approximate surface area is 196 Å². The summed E-state index contributed by atoms with van der Waals surface area (Å²) >= 11 is 2.67. The number of aryl methyl sites for hydroxylation is 2. The average molecular weight is 488 g/mol. The number of nitrogens with one attached hydrogen (secondary N) is 2. The van der Waals surface area contributed by atoms with E-state index in [0.717, 1.165) is 49.1 Å². The molecule has 0 fully saturated rings. The van der Waals surface area contributed by atoms with Crippen LogP contribution in [0.15, 0.2) is 34.2 Å². The molecule has 2 heterocycles. The Morgan fingerprint density at radius 2 is 2.12 bits per heavy atom. The fourth-order valence-electron chi connectivity index (χ4n) is 3.71. The highest BCUT2D eigenvalue weighted by atomic mass is 32.2. The summed E-state index contributed by atoms with van der Waals surface area (Å²) in [6.45, 7) is 2.47. The number of nitro benzene ring substituents is 1. The number of benzene rings is 1. The Morgan fingerprint density at radius 1 is 1.30 bits per heavy atom. The first-order valence-corrected chi connectivity index (χ1v) is 12.2. The molecule has 4 rings (SSSR count). The van der Waals surface area contributed by atoms with Crippen molar-refractivity contribution in [2.45, 2.75) is 44.3 Å². The zero-order valence-corrected chi connectivity index (χ0v) is 19.4. The first-order chi connectivity index (χ1) is 15.9. The minimum Gasteiger partial charge on any atom is -0.287 e. The second-order valence-corrected chi connectivity index (χ2v) is 9.51. The van der Waals surface area contributed by atoms with Crippen molar-refractivity contribution in [2.75, 3.05) is 5.75 Å². The van der Waals surface area contributed by atoms with E-state index in [1.54, 1.807) is 15.9 Å². The van der Waals surface area contributed by atoms with Gasteiger partial charge in [-0.25, -0.2) is 4.98 Å². The van der Waals surface area contributed by atoms with E-state index in [2.05, 4.69) is 15.8 Å². The third-order valence-corrected chi connectivity index (χ3v) is 7.37. The molecular formula is C21H21N5O5S2. The normalized spacial score (nSPS) is 12.5. The molecule has 33 heavy (non-hydrogen) atoms. The number of carbonyl (C=O) groups is 2. The number of nitrogens with zero attached hydrogens (tertiary/aromatic N) is 3. The van der Waals surface area contributed by atoms with Gasteiger partial charge >= 0.3 is 0 Å². The molecule has 10 nitrogen and oxygen atoms in total. The van der Waals surface area contributed by atoms with Crippen molar-refractivity contribution in [3.63, 3.8) is 0 Å². The zero-order chi connectivity index (χ0) is 23.5. The molecule has 0 aliphatic heterocycles. The van der Waals surface area contributed by atoms with Crippen LogP contribution in [0.3, 0.4) is 0 Å². The minimum absolute atomic E-state index is 0.0480. The van der Waals surface area contributed by atoms with E-state index in [-0.39, 0.29) is 22.6 Å². The van der Waals surface area contributed by atoms with Crippen molar-refractivity contribution in [2.24, 2.45) is 0 Å². The van der Waals surface area contributed by atoms with E-state index in [9.17, 15) is 24.5 Å². The fourth-order valence-corrected chi connectivity index (χ4v) is 5.84. The summed E-state index contributed by atoms with van der Waals surface area (Å²) in [4.78, 5) is 54.5. The van der Waals surface area contributed by atoms with Gasteiger partial charge in [0, 0.05) is 29.1 Å². The maximum atomic E-state index is 13.2. The SMILES string of the molecule is CCCn1c(SCC(=O)NNC(=O)c2cccc([N+](=O)[O-])c2)nc2sc3c(c2c1=O)CCC3. The van der Waals surface area contributed by atoms with E-state index in [1.807, 2.05) is 6.92 Å². The number of thiophene rings is 1. The Kier molecular flexibility index (Phi) is 6.75. The molecule has 3 aromatic rings. The van der Waals surface area contributed by atoms with Crippen LogP contribution in [0, 0.1) is 10.1 Å². The molecule has 12 heteroatoms. The van der Waals surface area contributed by atoms with Gasteiger partial charge in [0.25, 0.3) is 17.2 Å². The number of hydrogen-bond donors (Lipinski definition) is 2. The summed E-state index contributed by atoms with van der Waals surface area (Å²) in [5.41, 5.74) is 5.42. The van der Waals surface area contributed by atoms with Gasteiger partial charge in [0.15, 0.2) is 5.16 Å². The summed E-state index contributed by atoms with van der Waals surface area (Å²) in [5.74, 6) is -1.24. The predicted molar refractivity (Wildman–Crippen MR) is 126 cm³/mol. The highest BCUT2D eigenvalue weighted by molar-refractivity contribution is 7.99. The number of rotatable bonds is 7. The van der Waals surface area contributed by atoms with Crippen molar-refractivity contribution in [3.05, 3.63) is 60.7 Å². The van der Waals surface area contributed by atoms with Crippen LogP contribution in [0.1, 0.15) is 40.6 Å². The summed E-state index contributed by atoms with van der Waals surface area (Å²) < 4.78 is 1.62. The van der Waals surface area contributed by atoms with Crippen LogP contribution < -0.4 is 16.4 Å². The molecular weight excluding hydrogens is 466 g/mol. The quantitative estimate of drug-likeness (QED) is 0.226. The molecule has 0 radical (unpaired) electrons. The van der Waals surface area contributed by atoms with Crippen LogP contribution in [0.25, 0.3) is 10.2 Å². The van der Waals surface area contributed by atoms with Gasteiger partial charge in [0.1, 0.15) is 4.83 Å². The number of aromatic nitrogens is 2. The lowest BCUT2D eigenvalue weighted by molar-refractivity contribution is -0.384. The Hall–Kier alpha value is -3.25. The van der Waals surface area contributed by atoms with Crippen LogP contribution in [0.4, 0.5) is 5.69 Å². The number of thioether (sulfide) groups is 1. The molecule has 2 aromatic heterocycles.